The summed E-state index contributed by atoms with van der Waals surface area (Å²) in [4.78, 5) is 12.3. The maximum Gasteiger partial charge on any atom is 0.243 e. The summed E-state index contributed by atoms with van der Waals surface area (Å²) in [5.41, 5.74) is 0.490. The van der Waals surface area contributed by atoms with Gasteiger partial charge in [0.1, 0.15) is 6.04 Å². The van der Waals surface area contributed by atoms with Crippen LogP contribution in [0.3, 0.4) is 0 Å². The SMILES string of the molecule is CCC(C(=O)NCCCOC)N(c1ccccc1)S(C)(=O)=O. The second-order valence-corrected chi connectivity index (χ2v) is 6.82. The monoisotopic (exact) mass is 328 g/mol. The summed E-state index contributed by atoms with van der Waals surface area (Å²) in [7, 11) is -1.97. The lowest BCUT2D eigenvalue weighted by Crippen LogP contribution is -2.49. The molecule has 0 spiro atoms. The molecular formula is C15H24N2O4S. The molecule has 0 saturated heterocycles. The van der Waals surface area contributed by atoms with E-state index in [4.69, 9.17) is 4.74 Å². The molecular weight excluding hydrogens is 304 g/mol. The molecule has 0 bridgehead atoms. The van der Waals surface area contributed by atoms with E-state index in [1.807, 2.05) is 0 Å². The van der Waals surface area contributed by atoms with Gasteiger partial charge in [0.15, 0.2) is 0 Å². The van der Waals surface area contributed by atoms with Crippen LogP contribution in [0.15, 0.2) is 30.3 Å². The molecule has 22 heavy (non-hydrogen) atoms. The first-order valence-electron chi connectivity index (χ1n) is 7.23. The van der Waals surface area contributed by atoms with Crippen molar-refractivity contribution in [1.82, 2.24) is 5.32 Å². The first-order chi connectivity index (χ1) is 10.4. The van der Waals surface area contributed by atoms with Gasteiger partial charge in [-0.2, -0.15) is 0 Å². The minimum atomic E-state index is -3.56. The van der Waals surface area contributed by atoms with Crippen LogP contribution in [0, 0.1) is 0 Å². The molecule has 1 amide bonds. The molecule has 0 aromatic heterocycles. The third kappa shape index (κ3) is 5.31. The summed E-state index contributed by atoms with van der Waals surface area (Å²) in [5, 5.41) is 2.77. The molecule has 0 heterocycles. The van der Waals surface area contributed by atoms with Crippen LogP contribution in [0.4, 0.5) is 5.69 Å². The molecule has 1 N–H and O–H groups in total. The Balaban J connectivity index is 2.93. The van der Waals surface area contributed by atoms with Crippen molar-refractivity contribution in [3.63, 3.8) is 0 Å². The van der Waals surface area contributed by atoms with Crippen LogP contribution in [0.2, 0.25) is 0 Å². The molecule has 0 aliphatic carbocycles. The summed E-state index contributed by atoms with van der Waals surface area (Å²) in [5.74, 6) is -0.298. The maximum absolute atomic E-state index is 12.3. The molecule has 1 aromatic rings. The van der Waals surface area contributed by atoms with E-state index < -0.39 is 16.1 Å². The number of hydrogen-bond donors (Lipinski definition) is 1. The summed E-state index contributed by atoms with van der Waals surface area (Å²) in [6.45, 7) is 2.79. The number of methoxy groups -OCH3 is 1. The largest absolute Gasteiger partial charge is 0.385 e. The van der Waals surface area contributed by atoms with Gasteiger partial charge in [0.25, 0.3) is 0 Å². The van der Waals surface area contributed by atoms with Crippen LogP contribution in [0.1, 0.15) is 19.8 Å². The Morgan fingerprint density at radius 2 is 1.95 bits per heavy atom. The number of rotatable bonds is 9. The molecule has 1 atom stereocenters. The number of hydrogen-bond acceptors (Lipinski definition) is 4. The minimum Gasteiger partial charge on any atom is -0.385 e. The molecule has 0 aliphatic rings. The molecule has 0 aliphatic heterocycles. The van der Waals surface area contributed by atoms with Crippen molar-refractivity contribution in [2.45, 2.75) is 25.8 Å². The third-order valence-electron chi connectivity index (χ3n) is 3.16. The van der Waals surface area contributed by atoms with Crippen LogP contribution < -0.4 is 9.62 Å². The highest BCUT2D eigenvalue weighted by Gasteiger charge is 2.30. The molecule has 124 valence electrons. The molecule has 1 aromatic carbocycles. The van der Waals surface area contributed by atoms with Crippen LogP contribution in [0.5, 0.6) is 0 Å². The Kier molecular flexibility index (Phi) is 7.34. The third-order valence-corrected chi connectivity index (χ3v) is 4.34. The number of benzene rings is 1. The highest BCUT2D eigenvalue weighted by molar-refractivity contribution is 7.92. The van der Waals surface area contributed by atoms with Gasteiger partial charge < -0.3 is 10.1 Å². The topological polar surface area (TPSA) is 75.7 Å². The van der Waals surface area contributed by atoms with E-state index in [0.29, 0.717) is 31.7 Å². The number of amides is 1. The second kappa shape index (κ2) is 8.75. The molecule has 1 unspecified atom stereocenters. The highest BCUT2D eigenvalue weighted by atomic mass is 32.2. The van der Waals surface area contributed by atoms with Gasteiger partial charge in [-0.25, -0.2) is 8.42 Å². The molecule has 7 heteroatoms. The summed E-state index contributed by atoms with van der Waals surface area (Å²) < 4.78 is 30.4. The van der Waals surface area contributed by atoms with Gasteiger partial charge in [-0.1, -0.05) is 25.1 Å². The van der Waals surface area contributed by atoms with E-state index in [1.54, 1.807) is 44.4 Å². The normalized spacial score (nSPS) is 12.7. The lowest BCUT2D eigenvalue weighted by Gasteiger charge is -2.30. The standard InChI is InChI=1S/C15H24N2O4S/c1-4-14(15(18)16-11-8-12-21-2)17(22(3,19)20)13-9-6-5-7-10-13/h5-7,9-10,14H,4,8,11-12H2,1-3H3,(H,16,18). The van der Waals surface area contributed by atoms with Crippen molar-refractivity contribution in [3.8, 4) is 0 Å². The fourth-order valence-corrected chi connectivity index (χ4v) is 3.39. The lowest BCUT2D eigenvalue weighted by atomic mass is 10.2. The number of para-hydroxylation sites is 1. The van der Waals surface area contributed by atoms with Crippen molar-refractivity contribution in [3.05, 3.63) is 30.3 Å². The minimum absolute atomic E-state index is 0.298. The number of sulfonamides is 1. The Morgan fingerprint density at radius 3 is 2.45 bits per heavy atom. The number of carbonyl (C=O) groups is 1. The average molecular weight is 328 g/mol. The average Bonchev–Trinajstić information content (AvgIpc) is 2.48. The fourth-order valence-electron chi connectivity index (χ4n) is 2.18. The van der Waals surface area contributed by atoms with E-state index >= 15 is 0 Å². The first kappa shape index (κ1) is 18.4. The summed E-state index contributed by atoms with van der Waals surface area (Å²) >= 11 is 0. The number of carbonyl (C=O) groups excluding carboxylic acids is 1. The molecule has 1 rings (SSSR count). The van der Waals surface area contributed by atoms with E-state index in [0.717, 1.165) is 6.26 Å². The van der Waals surface area contributed by atoms with Gasteiger partial charge in [0.05, 0.1) is 11.9 Å². The van der Waals surface area contributed by atoms with Gasteiger partial charge in [-0.15, -0.1) is 0 Å². The van der Waals surface area contributed by atoms with Crippen LogP contribution in [-0.4, -0.2) is 46.9 Å². The molecule has 0 radical (unpaired) electrons. The smallest absolute Gasteiger partial charge is 0.243 e. The number of ether oxygens (including phenoxy) is 1. The van der Waals surface area contributed by atoms with Gasteiger partial charge in [-0.3, -0.25) is 9.10 Å². The number of nitrogens with one attached hydrogen (secondary N) is 1. The van der Waals surface area contributed by atoms with Crippen LogP contribution in [0.25, 0.3) is 0 Å². The van der Waals surface area contributed by atoms with Crippen LogP contribution >= 0.6 is 0 Å². The number of anilines is 1. The van der Waals surface area contributed by atoms with E-state index in [2.05, 4.69) is 5.32 Å². The van der Waals surface area contributed by atoms with E-state index in [9.17, 15) is 13.2 Å². The van der Waals surface area contributed by atoms with Crippen molar-refractivity contribution in [2.75, 3.05) is 30.8 Å². The van der Waals surface area contributed by atoms with Crippen molar-refractivity contribution in [1.29, 1.82) is 0 Å². The van der Waals surface area contributed by atoms with Crippen molar-refractivity contribution < 1.29 is 17.9 Å². The highest BCUT2D eigenvalue weighted by Crippen LogP contribution is 2.21. The quantitative estimate of drug-likeness (QED) is 0.695. The summed E-state index contributed by atoms with van der Waals surface area (Å²) in [6, 6.07) is 7.90. The van der Waals surface area contributed by atoms with Gasteiger partial charge in [0, 0.05) is 20.3 Å². The zero-order chi connectivity index (χ0) is 16.6. The molecule has 6 nitrogen and oxygen atoms in total. The Hall–Kier alpha value is -1.60. The van der Waals surface area contributed by atoms with Gasteiger partial charge in [0.2, 0.25) is 15.9 Å². The Labute approximate surface area is 132 Å². The maximum atomic E-state index is 12.3. The summed E-state index contributed by atoms with van der Waals surface area (Å²) in [6.07, 6.45) is 2.18. The predicted octanol–water partition coefficient (Wildman–Crippen LogP) is 1.38. The Bertz CT molecular complexity index is 560. The fraction of sp³-hybridized carbons (Fsp3) is 0.533. The van der Waals surface area contributed by atoms with Crippen molar-refractivity contribution in [2.24, 2.45) is 0 Å². The molecule has 0 saturated carbocycles. The van der Waals surface area contributed by atoms with Crippen LogP contribution in [-0.2, 0) is 19.6 Å². The van der Waals surface area contributed by atoms with E-state index in [1.165, 1.54) is 4.31 Å². The molecule has 0 fully saturated rings. The first-order valence-corrected chi connectivity index (χ1v) is 9.07. The second-order valence-electron chi connectivity index (χ2n) is 4.96. The Morgan fingerprint density at radius 1 is 1.32 bits per heavy atom. The number of nitrogens with zero attached hydrogens (tertiary/aromatic N) is 1. The van der Waals surface area contributed by atoms with Gasteiger partial charge >= 0.3 is 0 Å². The van der Waals surface area contributed by atoms with Gasteiger partial charge in [-0.05, 0) is 25.0 Å². The zero-order valence-electron chi connectivity index (χ0n) is 13.3. The predicted molar refractivity (Wildman–Crippen MR) is 87.3 cm³/mol. The lowest BCUT2D eigenvalue weighted by molar-refractivity contribution is -0.122. The van der Waals surface area contributed by atoms with Crippen molar-refractivity contribution >= 4 is 21.6 Å². The van der Waals surface area contributed by atoms with E-state index in [-0.39, 0.29) is 5.91 Å². The zero-order valence-corrected chi connectivity index (χ0v) is 14.1.